The number of hydrogen-bond donors (Lipinski definition) is 0. The molecule has 1 aromatic carbocycles. The topological polar surface area (TPSA) is 76.4 Å². The molecule has 0 aliphatic carbocycles. The Bertz CT molecular complexity index is 710. The van der Waals surface area contributed by atoms with Crippen LogP contribution in [0.5, 0.6) is 0 Å². The Morgan fingerprint density at radius 2 is 1.96 bits per heavy atom. The predicted octanol–water partition coefficient (Wildman–Crippen LogP) is 3.67. The number of carbonyl (C=O) groups excluding carboxylic acids is 2. The van der Waals surface area contributed by atoms with Crippen molar-refractivity contribution >= 4 is 35.0 Å². The molecule has 0 saturated heterocycles. The molecular weight excluding hydrogens is 348 g/mol. The second-order valence-corrected chi connectivity index (χ2v) is 4.81. The number of Topliss-reactive ketones (excluding diaryl/α,β-unsaturated/α-hetero) is 1. The van der Waals surface area contributed by atoms with Gasteiger partial charge in [-0.25, -0.2) is 9.18 Å². The average molecular weight is 360 g/mol. The molecular formula is C15H12Cl2FNO4. The minimum absolute atomic E-state index is 0.0295. The summed E-state index contributed by atoms with van der Waals surface area (Å²) in [5.74, 6) is -2.89. The van der Waals surface area contributed by atoms with Gasteiger partial charge in [-0.15, -0.1) is 0 Å². The molecule has 0 bridgehead atoms. The van der Waals surface area contributed by atoms with Crippen molar-refractivity contribution in [2.75, 3.05) is 13.2 Å². The summed E-state index contributed by atoms with van der Waals surface area (Å²) >= 11 is 11.6. The fourth-order valence-electron chi connectivity index (χ4n) is 1.58. The number of ketones is 1. The number of nitriles is 1. The monoisotopic (exact) mass is 359 g/mol. The van der Waals surface area contributed by atoms with E-state index in [0.29, 0.717) is 0 Å². The van der Waals surface area contributed by atoms with E-state index in [1.807, 2.05) is 0 Å². The lowest BCUT2D eigenvalue weighted by atomic mass is 10.0. The van der Waals surface area contributed by atoms with Crippen molar-refractivity contribution in [3.05, 3.63) is 44.9 Å². The molecule has 0 radical (unpaired) electrons. The molecule has 5 nitrogen and oxygen atoms in total. The molecule has 1 rings (SSSR count). The molecule has 122 valence electrons. The van der Waals surface area contributed by atoms with Crippen molar-refractivity contribution < 1.29 is 23.5 Å². The van der Waals surface area contributed by atoms with Gasteiger partial charge in [0.2, 0.25) is 5.78 Å². The van der Waals surface area contributed by atoms with Crippen molar-refractivity contribution in [3.8, 4) is 6.07 Å². The molecule has 0 spiro atoms. The van der Waals surface area contributed by atoms with E-state index in [9.17, 15) is 14.0 Å². The van der Waals surface area contributed by atoms with Crippen molar-refractivity contribution in [2.45, 2.75) is 13.8 Å². The predicted molar refractivity (Wildman–Crippen MR) is 81.8 cm³/mol. The minimum atomic E-state index is -1.00. The van der Waals surface area contributed by atoms with Crippen LogP contribution in [0.4, 0.5) is 4.39 Å². The first-order valence-electron chi connectivity index (χ1n) is 6.50. The normalized spacial score (nSPS) is 10.9. The highest BCUT2D eigenvalue weighted by Gasteiger charge is 2.27. The van der Waals surface area contributed by atoms with Crippen molar-refractivity contribution in [3.63, 3.8) is 0 Å². The summed E-state index contributed by atoms with van der Waals surface area (Å²) in [6.07, 6.45) is 0.912. The molecule has 0 amide bonds. The van der Waals surface area contributed by atoms with Crippen LogP contribution in [0.1, 0.15) is 29.8 Å². The number of rotatable bonds is 6. The molecule has 0 atom stereocenters. The summed E-state index contributed by atoms with van der Waals surface area (Å²) in [5.41, 5.74) is -1.25. The third kappa shape index (κ3) is 4.21. The van der Waals surface area contributed by atoms with Gasteiger partial charge in [0.25, 0.3) is 0 Å². The van der Waals surface area contributed by atoms with E-state index < -0.39 is 33.7 Å². The van der Waals surface area contributed by atoms with E-state index in [4.69, 9.17) is 37.9 Å². The maximum absolute atomic E-state index is 13.8. The van der Waals surface area contributed by atoms with E-state index in [1.54, 1.807) is 19.9 Å². The molecule has 0 aliphatic rings. The summed E-state index contributed by atoms with van der Waals surface area (Å²) in [6, 6.07) is 2.37. The Kier molecular flexibility index (Phi) is 7.01. The SMILES string of the molecule is CCO/C=C(\C(=O)OCC)C(=O)c1cc(F)c(Cl)c(C#N)c1Cl. The summed E-state index contributed by atoms with van der Waals surface area (Å²) in [6.45, 7) is 3.43. The van der Waals surface area contributed by atoms with Crippen molar-refractivity contribution in [1.29, 1.82) is 5.26 Å². The summed E-state index contributed by atoms with van der Waals surface area (Å²) < 4.78 is 23.5. The van der Waals surface area contributed by atoms with Gasteiger partial charge in [-0.05, 0) is 19.9 Å². The molecule has 0 N–H and O–H groups in total. The van der Waals surface area contributed by atoms with E-state index in [1.165, 1.54) is 0 Å². The first-order valence-corrected chi connectivity index (χ1v) is 7.25. The van der Waals surface area contributed by atoms with Crippen molar-refractivity contribution in [1.82, 2.24) is 0 Å². The molecule has 0 aliphatic heterocycles. The van der Waals surface area contributed by atoms with E-state index in [0.717, 1.165) is 12.3 Å². The van der Waals surface area contributed by atoms with Crippen LogP contribution in [-0.4, -0.2) is 25.0 Å². The quantitative estimate of drug-likeness (QED) is 0.147. The molecule has 0 aromatic heterocycles. The fraction of sp³-hybridized carbons (Fsp3) is 0.267. The number of benzene rings is 1. The fourth-order valence-corrected chi connectivity index (χ4v) is 2.10. The van der Waals surface area contributed by atoms with Crippen LogP contribution in [0.3, 0.4) is 0 Å². The second kappa shape index (κ2) is 8.51. The smallest absolute Gasteiger partial charge is 0.345 e. The Hall–Kier alpha value is -2.10. The number of hydrogen-bond acceptors (Lipinski definition) is 5. The number of ether oxygens (including phenoxy) is 2. The van der Waals surface area contributed by atoms with Gasteiger partial charge in [-0.1, -0.05) is 23.2 Å². The van der Waals surface area contributed by atoms with Gasteiger partial charge in [0.1, 0.15) is 23.7 Å². The van der Waals surface area contributed by atoms with Gasteiger partial charge in [0.15, 0.2) is 0 Å². The second-order valence-electron chi connectivity index (χ2n) is 4.06. The summed E-state index contributed by atoms with van der Waals surface area (Å²) in [5, 5.41) is 8.12. The molecule has 0 saturated carbocycles. The lowest BCUT2D eigenvalue weighted by molar-refractivity contribution is -0.138. The standard InChI is InChI=1S/C15H12Cl2FNO4/c1-3-22-7-10(15(21)23-4-2)14(20)8-5-11(18)13(17)9(6-19)12(8)16/h5,7H,3-4H2,1-2H3/b10-7-. The highest BCUT2D eigenvalue weighted by molar-refractivity contribution is 6.40. The third-order valence-corrected chi connectivity index (χ3v) is 3.38. The van der Waals surface area contributed by atoms with E-state index in [2.05, 4.69) is 0 Å². The summed E-state index contributed by atoms with van der Waals surface area (Å²) in [7, 11) is 0. The molecule has 8 heteroatoms. The van der Waals surface area contributed by atoms with Crippen LogP contribution in [0.25, 0.3) is 0 Å². The number of carbonyl (C=O) groups is 2. The van der Waals surface area contributed by atoms with Crippen LogP contribution < -0.4 is 0 Å². The Morgan fingerprint density at radius 1 is 1.30 bits per heavy atom. The Labute approximate surface area is 142 Å². The highest BCUT2D eigenvalue weighted by atomic mass is 35.5. The highest BCUT2D eigenvalue weighted by Crippen LogP contribution is 2.31. The van der Waals surface area contributed by atoms with Gasteiger partial charge in [0.05, 0.1) is 28.8 Å². The maximum atomic E-state index is 13.8. The Balaban J connectivity index is 3.43. The lowest BCUT2D eigenvalue weighted by Gasteiger charge is -2.10. The van der Waals surface area contributed by atoms with Crippen molar-refractivity contribution in [2.24, 2.45) is 0 Å². The Morgan fingerprint density at radius 3 is 2.48 bits per heavy atom. The molecule has 0 unspecified atom stereocenters. The van der Waals surface area contributed by atoms with E-state index in [-0.39, 0.29) is 23.8 Å². The van der Waals surface area contributed by atoms with Crippen LogP contribution in [-0.2, 0) is 14.3 Å². The zero-order chi connectivity index (χ0) is 17.6. The van der Waals surface area contributed by atoms with Gasteiger partial charge in [-0.3, -0.25) is 4.79 Å². The number of esters is 1. The maximum Gasteiger partial charge on any atom is 0.345 e. The van der Waals surface area contributed by atoms with Gasteiger partial charge in [-0.2, -0.15) is 5.26 Å². The van der Waals surface area contributed by atoms with Crippen LogP contribution in [0, 0.1) is 17.1 Å². The van der Waals surface area contributed by atoms with Gasteiger partial charge < -0.3 is 9.47 Å². The molecule has 0 heterocycles. The number of halogens is 3. The van der Waals surface area contributed by atoms with Crippen LogP contribution >= 0.6 is 23.2 Å². The molecule has 0 fully saturated rings. The zero-order valence-electron chi connectivity index (χ0n) is 12.3. The largest absolute Gasteiger partial charge is 0.500 e. The van der Waals surface area contributed by atoms with Crippen LogP contribution in [0.2, 0.25) is 10.0 Å². The summed E-state index contributed by atoms with van der Waals surface area (Å²) in [4.78, 5) is 24.3. The van der Waals surface area contributed by atoms with E-state index >= 15 is 0 Å². The first kappa shape index (κ1) is 18.9. The van der Waals surface area contributed by atoms with Gasteiger partial charge >= 0.3 is 5.97 Å². The van der Waals surface area contributed by atoms with Crippen LogP contribution in [0.15, 0.2) is 17.9 Å². The molecule has 1 aromatic rings. The molecule has 23 heavy (non-hydrogen) atoms. The average Bonchev–Trinajstić information content (AvgIpc) is 2.52. The first-order chi connectivity index (χ1) is 10.9. The third-order valence-electron chi connectivity index (χ3n) is 2.62. The van der Waals surface area contributed by atoms with Gasteiger partial charge in [0, 0.05) is 5.56 Å². The number of nitrogens with zero attached hydrogens (tertiary/aromatic N) is 1. The lowest BCUT2D eigenvalue weighted by Crippen LogP contribution is -2.17. The minimum Gasteiger partial charge on any atom is -0.500 e. The zero-order valence-corrected chi connectivity index (χ0v) is 13.8.